The van der Waals surface area contributed by atoms with Gasteiger partial charge in [-0.3, -0.25) is 14.7 Å². The van der Waals surface area contributed by atoms with Crippen molar-refractivity contribution in [2.45, 2.75) is 26.4 Å². The zero-order valence-corrected chi connectivity index (χ0v) is 22.9. The van der Waals surface area contributed by atoms with Crippen LogP contribution < -0.4 is 15.7 Å². The number of benzene rings is 2. The van der Waals surface area contributed by atoms with Crippen molar-refractivity contribution in [3.8, 4) is 23.1 Å². The van der Waals surface area contributed by atoms with E-state index in [0.29, 0.717) is 37.6 Å². The molecule has 208 valence electrons. The SMILES string of the molecule is CC(C)(C)OC(=O)N1CCN(CCOc2ccccc2C=NNc2nc(-c3ccccc3)c(C#N)c(=O)[nH]2)CC1. The van der Waals surface area contributed by atoms with Gasteiger partial charge in [-0.15, -0.1) is 0 Å². The molecule has 0 radical (unpaired) electrons. The summed E-state index contributed by atoms with van der Waals surface area (Å²) in [4.78, 5) is 35.6. The minimum Gasteiger partial charge on any atom is -0.492 e. The number of nitriles is 1. The number of carbonyl (C=O) groups is 1. The van der Waals surface area contributed by atoms with Gasteiger partial charge in [0.05, 0.1) is 11.9 Å². The van der Waals surface area contributed by atoms with Gasteiger partial charge in [-0.1, -0.05) is 42.5 Å². The first kappa shape index (κ1) is 28.3. The molecular formula is C29H33N7O4. The molecule has 2 aromatic carbocycles. The number of carbonyl (C=O) groups excluding carboxylic acids is 1. The highest BCUT2D eigenvalue weighted by Gasteiger charge is 2.25. The fraction of sp³-hybridized carbons (Fsp3) is 0.345. The van der Waals surface area contributed by atoms with Crippen molar-refractivity contribution < 1.29 is 14.3 Å². The second-order valence-corrected chi connectivity index (χ2v) is 10.2. The Bertz CT molecular complexity index is 1430. The topological polar surface area (TPSA) is 136 Å². The molecule has 3 aromatic rings. The number of ether oxygens (including phenoxy) is 2. The number of hydrogen-bond donors (Lipinski definition) is 2. The monoisotopic (exact) mass is 543 g/mol. The molecule has 2 N–H and O–H groups in total. The van der Waals surface area contributed by atoms with Gasteiger partial charge < -0.3 is 14.4 Å². The summed E-state index contributed by atoms with van der Waals surface area (Å²) < 4.78 is 11.5. The van der Waals surface area contributed by atoms with Gasteiger partial charge in [0.25, 0.3) is 5.56 Å². The van der Waals surface area contributed by atoms with Crippen molar-refractivity contribution in [1.29, 1.82) is 5.26 Å². The average Bonchev–Trinajstić information content (AvgIpc) is 2.93. The minimum atomic E-state index is -0.551. The summed E-state index contributed by atoms with van der Waals surface area (Å²) in [6.07, 6.45) is 1.30. The van der Waals surface area contributed by atoms with Gasteiger partial charge in [0.2, 0.25) is 5.95 Å². The van der Waals surface area contributed by atoms with Crippen molar-refractivity contribution in [2.75, 3.05) is 44.8 Å². The molecule has 0 bridgehead atoms. The van der Waals surface area contributed by atoms with E-state index in [1.54, 1.807) is 23.2 Å². The molecule has 1 saturated heterocycles. The molecule has 0 spiro atoms. The third-order valence-electron chi connectivity index (χ3n) is 6.06. The van der Waals surface area contributed by atoms with E-state index in [1.807, 2.05) is 69.3 Å². The second-order valence-electron chi connectivity index (χ2n) is 10.2. The van der Waals surface area contributed by atoms with Gasteiger partial charge in [0.15, 0.2) is 0 Å². The van der Waals surface area contributed by atoms with Gasteiger partial charge in [-0.2, -0.15) is 10.4 Å². The van der Waals surface area contributed by atoms with Crippen LogP contribution in [0.5, 0.6) is 5.75 Å². The van der Waals surface area contributed by atoms with Crippen LogP contribution in [-0.2, 0) is 4.74 Å². The fourth-order valence-corrected chi connectivity index (χ4v) is 4.08. The molecule has 0 aliphatic carbocycles. The Morgan fingerprint density at radius 3 is 2.52 bits per heavy atom. The molecule has 11 nitrogen and oxygen atoms in total. The predicted molar refractivity (Wildman–Crippen MR) is 152 cm³/mol. The zero-order valence-electron chi connectivity index (χ0n) is 22.9. The number of H-pyrrole nitrogens is 1. The number of aromatic nitrogens is 2. The Hall–Kier alpha value is -4.69. The van der Waals surface area contributed by atoms with Crippen molar-refractivity contribution in [3.05, 3.63) is 76.1 Å². The molecule has 4 rings (SSSR count). The van der Waals surface area contributed by atoms with E-state index < -0.39 is 11.2 Å². The maximum Gasteiger partial charge on any atom is 0.410 e. The second kappa shape index (κ2) is 12.9. The summed E-state index contributed by atoms with van der Waals surface area (Å²) in [6, 6.07) is 18.4. The van der Waals surface area contributed by atoms with Crippen LogP contribution in [-0.4, -0.2) is 77.0 Å². The number of amides is 1. The Kier molecular flexibility index (Phi) is 9.14. The lowest BCUT2D eigenvalue weighted by Gasteiger charge is -2.35. The molecular weight excluding hydrogens is 510 g/mol. The van der Waals surface area contributed by atoms with Crippen LogP contribution in [0.2, 0.25) is 0 Å². The van der Waals surface area contributed by atoms with Gasteiger partial charge in [0, 0.05) is 43.9 Å². The Labute approximate surface area is 233 Å². The maximum atomic E-state index is 12.4. The molecule has 1 aromatic heterocycles. The normalized spacial score (nSPS) is 14.1. The van der Waals surface area contributed by atoms with Gasteiger partial charge >= 0.3 is 6.09 Å². The van der Waals surface area contributed by atoms with Crippen molar-refractivity contribution in [1.82, 2.24) is 19.8 Å². The number of anilines is 1. The Morgan fingerprint density at radius 1 is 1.12 bits per heavy atom. The summed E-state index contributed by atoms with van der Waals surface area (Å²) in [5, 5.41) is 13.7. The smallest absolute Gasteiger partial charge is 0.410 e. The third kappa shape index (κ3) is 7.68. The van der Waals surface area contributed by atoms with Crippen LogP contribution in [0.3, 0.4) is 0 Å². The number of nitrogens with one attached hydrogen (secondary N) is 2. The molecule has 1 fully saturated rings. The summed E-state index contributed by atoms with van der Waals surface area (Å²) in [5.41, 5.74) is 3.30. The van der Waals surface area contributed by atoms with Crippen LogP contribution in [0, 0.1) is 11.3 Å². The number of hydrazone groups is 1. The highest BCUT2D eigenvalue weighted by Crippen LogP contribution is 2.20. The van der Waals surface area contributed by atoms with Crippen LogP contribution >= 0.6 is 0 Å². The van der Waals surface area contributed by atoms with E-state index in [9.17, 15) is 14.9 Å². The summed E-state index contributed by atoms with van der Waals surface area (Å²) in [5.74, 6) is 0.773. The highest BCUT2D eigenvalue weighted by molar-refractivity contribution is 5.83. The largest absolute Gasteiger partial charge is 0.492 e. The number of hydrogen-bond acceptors (Lipinski definition) is 9. The minimum absolute atomic E-state index is 0.0641. The lowest BCUT2D eigenvalue weighted by atomic mass is 10.1. The maximum absolute atomic E-state index is 12.4. The highest BCUT2D eigenvalue weighted by atomic mass is 16.6. The molecule has 2 heterocycles. The molecule has 11 heteroatoms. The quantitative estimate of drug-likeness (QED) is 0.324. The fourth-order valence-electron chi connectivity index (χ4n) is 4.08. The molecule has 40 heavy (non-hydrogen) atoms. The predicted octanol–water partition coefficient (Wildman–Crippen LogP) is 3.69. The van der Waals surface area contributed by atoms with Crippen molar-refractivity contribution in [2.24, 2.45) is 5.10 Å². The van der Waals surface area contributed by atoms with Gasteiger partial charge in [0.1, 0.15) is 29.6 Å². The van der Waals surface area contributed by atoms with E-state index in [-0.39, 0.29) is 23.3 Å². The van der Waals surface area contributed by atoms with Crippen molar-refractivity contribution >= 4 is 18.3 Å². The summed E-state index contributed by atoms with van der Waals surface area (Å²) >= 11 is 0. The van der Waals surface area contributed by atoms with Gasteiger partial charge in [-0.25, -0.2) is 15.2 Å². The van der Waals surface area contributed by atoms with Crippen LogP contribution in [0.4, 0.5) is 10.7 Å². The lowest BCUT2D eigenvalue weighted by Crippen LogP contribution is -2.50. The first-order valence-corrected chi connectivity index (χ1v) is 13.0. The van der Waals surface area contributed by atoms with Crippen LogP contribution in [0.1, 0.15) is 31.9 Å². The van der Waals surface area contributed by atoms with Gasteiger partial charge in [-0.05, 0) is 32.9 Å². The number of para-hydroxylation sites is 1. The first-order valence-electron chi connectivity index (χ1n) is 13.0. The van der Waals surface area contributed by atoms with E-state index in [4.69, 9.17) is 9.47 Å². The third-order valence-corrected chi connectivity index (χ3v) is 6.06. The van der Waals surface area contributed by atoms with Crippen LogP contribution in [0.15, 0.2) is 64.5 Å². The van der Waals surface area contributed by atoms with E-state index in [2.05, 4.69) is 25.4 Å². The van der Waals surface area contributed by atoms with Crippen LogP contribution in [0.25, 0.3) is 11.3 Å². The number of piperazine rings is 1. The summed E-state index contributed by atoms with van der Waals surface area (Å²) in [6.45, 7) is 9.49. The lowest BCUT2D eigenvalue weighted by molar-refractivity contribution is 0.0137. The molecule has 0 atom stereocenters. The van der Waals surface area contributed by atoms with E-state index in [0.717, 1.165) is 18.7 Å². The van der Waals surface area contributed by atoms with E-state index in [1.165, 1.54) is 0 Å². The number of nitrogens with zero attached hydrogens (tertiary/aromatic N) is 5. The molecule has 1 aliphatic heterocycles. The molecule has 0 unspecified atom stereocenters. The molecule has 1 aliphatic rings. The number of rotatable bonds is 8. The molecule has 0 saturated carbocycles. The zero-order chi connectivity index (χ0) is 28.5. The van der Waals surface area contributed by atoms with Crippen molar-refractivity contribution in [3.63, 3.8) is 0 Å². The first-order chi connectivity index (χ1) is 19.2. The summed E-state index contributed by atoms with van der Waals surface area (Å²) in [7, 11) is 0. The number of aromatic amines is 1. The Balaban J connectivity index is 1.32. The molecule has 1 amide bonds. The average molecular weight is 544 g/mol. The Morgan fingerprint density at radius 2 is 1.82 bits per heavy atom. The van der Waals surface area contributed by atoms with E-state index >= 15 is 0 Å². The standard InChI is InChI=1S/C29H33N7O4/c1-29(2,3)40-28(38)36-15-13-35(14-16-36)17-18-39-24-12-8-7-11-22(24)20-31-34-27-32-25(21-9-5-4-6-10-21)23(19-30)26(37)33-27/h4-12,20H,13-18H2,1-3H3,(H2,32,33,34,37).